The Hall–Kier alpha value is -2.00. The van der Waals surface area contributed by atoms with Gasteiger partial charge in [-0.3, -0.25) is 0 Å². The first-order chi connectivity index (χ1) is 9.95. The van der Waals surface area contributed by atoms with Gasteiger partial charge in [-0.15, -0.1) is 0 Å². The van der Waals surface area contributed by atoms with E-state index in [0.29, 0.717) is 5.69 Å². The van der Waals surface area contributed by atoms with E-state index in [1.165, 1.54) is 0 Å². The van der Waals surface area contributed by atoms with Crippen LogP contribution in [0.1, 0.15) is 11.8 Å². The molecule has 0 saturated carbocycles. The second kappa shape index (κ2) is 4.75. The number of aliphatic hydroxyl groups excluding tert-OH is 1. The van der Waals surface area contributed by atoms with Crippen LogP contribution in [0, 0.1) is 0 Å². The minimum atomic E-state index is -9.70. The van der Waals surface area contributed by atoms with Crippen molar-refractivity contribution in [2.75, 3.05) is 0 Å². The minimum Gasteiger partial charge on any atom is -0.366 e. The summed E-state index contributed by atoms with van der Waals surface area (Å²) in [6.07, 6.45) is -1.55. The van der Waals surface area contributed by atoms with Crippen LogP contribution in [0.25, 0.3) is 0 Å². The van der Waals surface area contributed by atoms with Gasteiger partial charge >= 0.3 is 10.2 Å². The lowest BCUT2D eigenvalue weighted by atomic mass is 10.2. The molecular weight excluding hydrogens is 327 g/mol. The normalized spacial score (nSPS) is 17.0. The highest BCUT2D eigenvalue weighted by molar-refractivity contribution is 8.45. The second-order valence-corrected chi connectivity index (χ2v) is 6.87. The van der Waals surface area contributed by atoms with E-state index in [1.54, 1.807) is 30.3 Å². The molecule has 2 aromatic carbocycles. The van der Waals surface area contributed by atoms with E-state index < -0.39 is 21.3 Å². The fourth-order valence-electron chi connectivity index (χ4n) is 1.58. The van der Waals surface area contributed by atoms with Gasteiger partial charge in [0.2, 0.25) is 0 Å². The average molecular weight is 338 g/mol. The standard InChI is InChI=1S/C13H11F5N2OS/c14-22(15,16,17,18)12-8-6-10(7-9-12)13(21)20-19-11-4-2-1-3-5-11/h1-9,13,21H. The number of hydrogen-bond donors (Lipinski definition) is 1. The van der Waals surface area contributed by atoms with Gasteiger partial charge < -0.3 is 5.11 Å². The van der Waals surface area contributed by atoms with Gasteiger partial charge in [-0.25, -0.2) is 0 Å². The Labute approximate surface area is 122 Å². The van der Waals surface area contributed by atoms with Crippen molar-refractivity contribution in [3.05, 3.63) is 60.2 Å². The molecule has 2 rings (SSSR count). The van der Waals surface area contributed by atoms with Gasteiger partial charge in [0.25, 0.3) is 0 Å². The Morgan fingerprint density at radius 3 is 1.86 bits per heavy atom. The first-order valence-electron chi connectivity index (χ1n) is 5.94. The highest BCUT2D eigenvalue weighted by Crippen LogP contribution is 3.02. The molecule has 1 atom stereocenters. The number of halogens is 5. The van der Waals surface area contributed by atoms with E-state index in [-0.39, 0.29) is 17.7 Å². The summed E-state index contributed by atoms with van der Waals surface area (Å²) in [4.78, 5) is -2.02. The van der Waals surface area contributed by atoms with Crippen LogP contribution in [0.2, 0.25) is 0 Å². The molecule has 0 saturated heterocycles. The quantitative estimate of drug-likeness (QED) is 0.530. The van der Waals surface area contributed by atoms with Crippen molar-refractivity contribution in [3.8, 4) is 0 Å². The van der Waals surface area contributed by atoms with Crippen molar-refractivity contribution in [2.24, 2.45) is 10.2 Å². The van der Waals surface area contributed by atoms with E-state index in [2.05, 4.69) is 10.2 Å². The molecule has 1 unspecified atom stereocenters. The molecule has 0 aliphatic heterocycles. The van der Waals surface area contributed by atoms with Gasteiger partial charge in [-0.05, 0) is 24.3 Å². The second-order valence-electron chi connectivity index (χ2n) is 4.46. The molecule has 0 aromatic heterocycles. The van der Waals surface area contributed by atoms with Crippen LogP contribution in [0.3, 0.4) is 0 Å². The molecule has 9 heteroatoms. The largest absolute Gasteiger partial charge is 0.366 e. The van der Waals surface area contributed by atoms with Crippen molar-refractivity contribution in [2.45, 2.75) is 11.1 Å². The Balaban J connectivity index is 2.19. The molecule has 0 heterocycles. The van der Waals surface area contributed by atoms with E-state index in [1.807, 2.05) is 0 Å². The average Bonchev–Trinajstić information content (AvgIpc) is 2.44. The number of hydrogen-bond acceptors (Lipinski definition) is 3. The maximum atomic E-state index is 12.5. The molecule has 0 amide bonds. The predicted molar refractivity (Wildman–Crippen MR) is 73.8 cm³/mol. The monoisotopic (exact) mass is 338 g/mol. The lowest BCUT2D eigenvalue weighted by Gasteiger charge is -2.40. The summed E-state index contributed by atoms with van der Waals surface area (Å²) in [5.41, 5.74) is 0.357. The highest BCUT2D eigenvalue weighted by atomic mass is 32.5. The van der Waals surface area contributed by atoms with Crippen molar-refractivity contribution in [1.29, 1.82) is 0 Å². The number of rotatable bonds is 4. The van der Waals surface area contributed by atoms with E-state index >= 15 is 0 Å². The fourth-order valence-corrected chi connectivity index (χ4v) is 2.23. The minimum absolute atomic E-state index is 0.0784. The van der Waals surface area contributed by atoms with Gasteiger partial charge in [0.05, 0.1) is 5.69 Å². The predicted octanol–water partition coefficient (Wildman–Crippen LogP) is 6.12. The molecule has 2 aromatic rings. The van der Waals surface area contributed by atoms with E-state index in [9.17, 15) is 24.5 Å². The number of azo groups is 1. The van der Waals surface area contributed by atoms with Crippen LogP contribution >= 0.6 is 10.2 Å². The molecule has 0 bridgehead atoms. The highest BCUT2D eigenvalue weighted by Gasteiger charge is 2.65. The molecular formula is C13H11F5N2OS. The number of aliphatic hydroxyl groups is 1. The summed E-state index contributed by atoms with van der Waals surface area (Å²) in [7, 11) is -9.70. The topological polar surface area (TPSA) is 45.0 Å². The lowest BCUT2D eigenvalue weighted by molar-refractivity contribution is 0.180. The van der Waals surface area contributed by atoms with Gasteiger partial charge in [-0.2, -0.15) is 10.2 Å². The molecule has 1 N–H and O–H groups in total. The van der Waals surface area contributed by atoms with Crippen molar-refractivity contribution < 1.29 is 24.5 Å². The van der Waals surface area contributed by atoms with Crippen LogP contribution in [-0.2, 0) is 0 Å². The van der Waals surface area contributed by atoms with Gasteiger partial charge in [0.15, 0.2) is 6.23 Å². The smallest absolute Gasteiger partial charge is 0.310 e. The maximum absolute atomic E-state index is 12.5. The van der Waals surface area contributed by atoms with Crippen LogP contribution in [0.15, 0.2) is 69.7 Å². The summed E-state index contributed by atoms with van der Waals surface area (Å²) < 4.78 is 62.7. The SMILES string of the molecule is OC(N=Nc1ccccc1)c1ccc(S(F)(F)(F)(F)F)cc1. The Kier molecular flexibility index (Phi) is 3.53. The third-order valence-electron chi connectivity index (χ3n) is 2.66. The van der Waals surface area contributed by atoms with Crippen LogP contribution < -0.4 is 0 Å². The summed E-state index contributed by atoms with van der Waals surface area (Å²) in [5, 5.41) is 16.9. The summed E-state index contributed by atoms with van der Waals surface area (Å²) >= 11 is 0. The van der Waals surface area contributed by atoms with Gasteiger partial charge in [0.1, 0.15) is 4.90 Å². The number of benzene rings is 2. The molecule has 120 valence electrons. The zero-order chi connectivity index (χ0) is 16.5. The van der Waals surface area contributed by atoms with E-state index in [0.717, 1.165) is 12.1 Å². The third-order valence-corrected chi connectivity index (χ3v) is 3.83. The summed E-state index contributed by atoms with van der Waals surface area (Å²) in [5.74, 6) is 0. The summed E-state index contributed by atoms with van der Waals surface area (Å²) in [6.45, 7) is 0. The van der Waals surface area contributed by atoms with Crippen LogP contribution in [0.4, 0.5) is 25.1 Å². The third kappa shape index (κ3) is 4.25. The summed E-state index contributed by atoms with van der Waals surface area (Å²) in [6, 6.07) is 10.2. The Morgan fingerprint density at radius 2 is 1.36 bits per heavy atom. The van der Waals surface area contributed by atoms with Crippen LogP contribution in [-0.4, -0.2) is 5.11 Å². The maximum Gasteiger partial charge on any atom is 0.310 e. The van der Waals surface area contributed by atoms with E-state index in [4.69, 9.17) is 0 Å². The zero-order valence-corrected chi connectivity index (χ0v) is 11.7. The zero-order valence-electron chi connectivity index (χ0n) is 10.9. The molecule has 0 radical (unpaired) electrons. The van der Waals surface area contributed by atoms with Crippen molar-refractivity contribution >= 4 is 15.9 Å². The fraction of sp³-hybridized carbons (Fsp3) is 0.0769. The Morgan fingerprint density at radius 1 is 0.818 bits per heavy atom. The van der Waals surface area contributed by atoms with Crippen molar-refractivity contribution in [1.82, 2.24) is 0 Å². The van der Waals surface area contributed by atoms with Gasteiger partial charge in [0, 0.05) is 5.56 Å². The number of nitrogens with zero attached hydrogens (tertiary/aromatic N) is 2. The molecule has 3 nitrogen and oxygen atoms in total. The molecule has 0 spiro atoms. The first-order valence-corrected chi connectivity index (χ1v) is 7.89. The first kappa shape index (κ1) is 16.4. The molecule has 22 heavy (non-hydrogen) atoms. The molecule has 0 fully saturated rings. The van der Waals surface area contributed by atoms with Gasteiger partial charge in [-0.1, -0.05) is 49.8 Å². The lowest BCUT2D eigenvalue weighted by Crippen LogP contribution is -2.06. The molecule has 0 aliphatic rings. The molecule has 0 aliphatic carbocycles. The van der Waals surface area contributed by atoms with Crippen molar-refractivity contribution in [3.63, 3.8) is 0 Å². The Bertz CT molecular complexity index is 686. The van der Waals surface area contributed by atoms with Crippen LogP contribution in [0.5, 0.6) is 0 Å².